The summed E-state index contributed by atoms with van der Waals surface area (Å²) in [6, 6.07) is 10.1. The number of rotatable bonds is 7. The maximum Gasteiger partial charge on any atom is 0.329 e. The molecule has 0 unspecified atom stereocenters. The number of fused-ring (bicyclic) bond motifs is 1. The Kier molecular flexibility index (Phi) is 7.24. The summed E-state index contributed by atoms with van der Waals surface area (Å²) < 4.78 is 16.3. The Labute approximate surface area is 209 Å². The second-order valence-electron chi connectivity index (χ2n) is 9.18. The van der Waals surface area contributed by atoms with E-state index >= 15 is 0 Å². The van der Waals surface area contributed by atoms with Gasteiger partial charge in [-0.2, -0.15) is 5.10 Å². The number of anilines is 1. The molecule has 1 saturated heterocycles. The van der Waals surface area contributed by atoms with E-state index in [2.05, 4.69) is 46.1 Å². The molecule has 0 radical (unpaired) electrons. The van der Waals surface area contributed by atoms with Gasteiger partial charge in [-0.05, 0) is 61.9 Å². The number of aryl methyl sites for hydroxylation is 1. The smallest absolute Gasteiger partial charge is 0.329 e. The molecule has 1 aliphatic carbocycles. The van der Waals surface area contributed by atoms with Crippen molar-refractivity contribution in [3.05, 3.63) is 53.9 Å². The van der Waals surface area contributed by atoms with Crippen molar-refractivity contribution in [3.63, 3.8) is 0 Å². The molecule has 3 aromatic rings. The fourth-order valence-electron chi connectivity index (χ4n) is 4.56. The van der Waals surface area contributed by atoms with Gasteiger partial charge in [0.2, 0.25) is 5.88 Å². The van der Waals surface area contributed by atoms with Gasteiger partial charge in [-0.25, -0.2) is 9.78 Å². The molecule has 0 spiro atoms. The molecule has 2 N–H and O–H groups in total. The van der Waals surface area contributed by atoms with Gasteiger partial charge in [0.25, 0.3) is 0 Å². The number of ether oxygens (including phenoxy) is 2. The van der Waals surface area contributed by atoms with Crippen LogP contribution in [0.5, 0.6) is 5.88 Å². The summed E-state index contributed by atoms with van der Waals surface area (Å²) in [5, 5.41) is 8.35. The molecule has 8 nitrogen and oxygen atoms in total. The summed E-state index contributed by atoms with van der Waals surface area (Å²) in [6.07, 6.45) is 8.59. The highest BCUT2D eigenvalue weighted by atomic mass is 32.2. The first kappa shape index (κ1) is 23.7. The van der Waals surface area contributed by atoms with Crippen LogP contribution in [0.1, 0.15) is 50.3 Å². The largest absolute Gasteiger partial charge is 0.474 e. The van der Waals surface area contributed by atoms with Crippen LogP contribution in [0.15, 0.2) is 47.8 Å². The fourth-order valence-corrected chi connectivity index (χ4v) is 5.07. The molecule has 1 fully saturated rings. The maximum absolute atomic E-state index is 12.9. The Hall–Kier alpha value is -3.04. The molecule has 5 rings (SSSR count). The van der Waals surface area contributed by atoms with Crippen LogP contribution >= 0.6 is 11.9 Å². The summed E-state index contributed by atoms with van der Waals surface area (Å²) >= 11 is 1.21. The number of carbonyl (C=O) groups is 1. The number of hydrogen-bond acceptors (Lipinski definition) is 6. The van der Waals surface area contributed by atoms with E-state index in [1.165, 1.54) is 23.1 Å². The highest BCUT2D eigenvalue weighted by Gasteiger charge is 2.22. The maximum atomic E-state index is 12.9. The minimum Gasteiger partial charge on any atom is -0.474 e. The van der Waals surface area contributed by atoms with Crippen molar-refractivity contribution in [1.82, 2.24) is 19.5 Å². The SMILES string of the molecule is CC(C)n1ccc(SNC(=O)Nc2c(-c3ccnc(OC4CCOCC4)c3)ccc3c2CCC3)n1. The van der Waals surface area contributed by atoms with Gasteiger partial charge in [-0.1, -0.05) is 12.1 Å². The standard InChI is InChI=1S/C26H31N5O3S/c1-17(2)31-13-9-24(29-31)35-30-26(32)28-25-21-5-3-4-18(21)6-7-22(25)19-8-12-27-23(16-19)34-20-10-14-33-15-11-20/h6-9,12-13,16-17,20H,3-5,10-11,14-15H2,1-2H3,(H2,28,30,32). The average Bonchev–Trinajstić information content (AvgIpc) is 3.54. The first-order valence-corrected chi connectivity index (χ1v) is 13.0. The minimum atomic E-state index is -0.275. The van der Waals surface area contributed by atoms with Gasteiger partial charge < -0.3 is 14.8 Å². The van der Waals surface area contributed by atoms with Crippen molar-refractivity contribution in [2.24, 2.45) is 0 Å². The summed E-state index contributed by atoms with van der Waals surface area (Å²) in [7, 11) is 0. The van der Waals surface area contributed by atoms with E-state index in [1.807, 2.05) is 29.1 Å². The quantitative estimate of drug-likeness (QED) is 0.428. The zero-order valence-electron chi connectivity index (χ0n) is 20.1. The van der Waals surface area contributed by atoms with Crippen LogP contribution in [0.3, 0.4) is 0 Å². The third-order valence-corrected chi connectivity index (χ3v) is 7.10. The monoisotopic (exact) mass is 493 g/mol. The average molecular weight is 494 g/mol. The summed E-state index contributed by atoms with van der Waals surface area (Å²) in [6.45, 7) is 5.57. The molecule has 0 atom stereocenters. The number of urea groups is 1. The molecule has 1 aliphatic heterocycles. The lowest BCUT2D eigenvalue weighted by molar-refractivity contribution is 0.0237. The predicted octanol–water partition coefficient (Wildman–Crippen LogP) is 5.40. The van der Waals surface area contributed by atoms with Crippen LogP contribution in [-0.4, -0.2) is 40.1 Å². The van der Waals surface area contributed by atoms with Gasteiger partial charge in [0.1, 0.15) is 11.1 Å². The summed E-state index contributed by atoms with van der Waals surface area (Å²) in [5.41, 5.74) is 5.29. The van der Waals surface area contributed by atoms with Crippen molar-refractivity contribution in [2.45, 2.75) is 63.1 Å². The van der Waals surface area contributed by atoms with Gasteiger partial charge in [0.15, 0.2) is 0 Å². The molecular weight excluding hydrogens is 462 g/mol. The number of pyridine rings is 1. The molecule has 0 saturated carbocycles. The number of carbonyl (C=O) groups excluding carboxylic acids is 1. The van der Waals surface area contributed by atoms with E-state index in [1.54, 1.807) is 6.20 Å². The number of nitrogens with zero attached hydrogens (tertiary/aromatic N) is 3. The molecule has 35 heavy (non-hydrogen) atoms. The minimum absolute atomic E-state index is 0.117. The highest BCUT2D eigenvalue weighted by Crippen LogP contribution is 2.38. The Morgan fingerprint density at radius 3 is 2.86 bits per heavy atom. The Morgan fingerprint density at radius 1 is 1.20 bits per heavy atom. The topological polar surface area (TPSA) is 90.3 Å². The Morgan fingerprint density at radius 2 is 2.06 bits per heavy atom. The number of aromatic nitrogens is 3. The van der Waals surface area contributed by atoms with E-state index in [0.29, 0.717) is 19.1 Å². The fraction of sp³-hybridized carbons (Fsp3) is 0.423. The van der Waals surface area contributed by atoms with Gasteiger partial charge >= 0.3 is 6.03 Å². The van der Waals surface area contributed by atoms with Gasteiger partial charge in [-0.3, -0.25) is 9.40 Å². The van der Waals surface area contributed by atoms with Crippen molar-refractivity contribution >= 4 is 23.7 Å². The molecule has 184 valence electrons. The zero-order valence-corrected chi connectivity index (χ0v) is 20.9. The summed E-state index contributed by atoms with van der Waals surface area (Å²) in [4.78, 5) is 17.3. The normalized spacial score (nSPS) is 15.7. The van der Waals surface area contributed by atoms with Gasteiger partial charge in [0, 0.05) is 54.9 Å². The molecule has 2 aliphatic rings. The molecule has 2 aromatic heterocycles. The lowest BCUT2D eigenvalue weighted by atomic mass is 9.98. The first-order chi connectivity index (χ1) is 17.1. The zero-order chi connectivity index (χ0) is 24.2. The number of benzene rings is 1. The van der Waals surface area contributed by atoms with Gasteiger partial charge in [-0.15, -0.1) is 0 Å². The lowest BCUT2D eigenvalue weighted by Gasteiger charge is -2.23. The summed E-state index contributed by atoms with van der Waals surface area (Å²) in [5.74, 6) is 0.599. The van der Waals surface area contributed by atoms with E-state index in [-0.39, 0.29) is 18.2 Å². The van der Waals surface area contributed by atoms with Crippen molar-refractivity contribution in [1.29, 1.82) is 0 Å². The molecule has 0 bridgehead atoms. The molecule has 1 aromatic carbocycles. The van der Waals surface area contributed by atoms with Crippen LogP contribution in [0.2, 0.25) is 0 Å². The van der Waals surface area contributed by atoms with E-state index in [0.717, 1.165) is 53.9 Å². The molecule has 9 heteroatoms. The van der Waals surface area contributed by atoms with Crippen LogP contribution in [-0.2, 0) is 17.6 Å². The van der Waals surface area contributed by atoms with Crippen LogP contribution in [0.4, 0.5) is 10.5 Å². The van der Waals surface area contributed by atoms with Crippen molar-refractivity contribution in [3.8, 4) is 17.0 Å². The van der Waals surface area contributed by atoms with E-state index in [9.17, 15) is 4.79 Å². The lowest BCUT2D eigenvalue weighted by Crippen LogP contribution is -2.26. The third-order valence-electron chi connectivity index (χ3n) is 6.38. The van der Waals surface area contributed by atoms with Crippen molar-refractivity contribution < 1.29 is 14.3 Å². The van der Waals surface area contributed by atoms with Crippen LogP contribution in [0.25, 0.3) is 11.1 Å². The van der Waals surface area contributed by atoms with Crippen LogP contribution < -0.4 is 14.8 Å². The highest BCUT2D eigenvalue weighted by molar-refractivity contribution is 7.97. The number of hydrogen-bond donors (Lipinski definition) is 2. The predicted molar refractivity (Wildman–Crippen MR) is 137 cm³/mol. The second-order valence-corrected chi connectivity index (χ2v) is 10.0. The number of nitrogens with one attached hydrogen (secondary N) is 2. The Balaban J connectivity index is 1.35. The van der Waals surface area contributed by atoms with Crippen molar-refractivity contribution in [2.75, 3.05) is 18.5 Å². The number of amides is 2. The first-order valence-electron chi connectivity index (χ1n) is 12.2. The second kappa shape index (κ2) is 10.7. The molecule has 2 amide bonds. The third kappa shape index (κ3) is 5.62. The van der Waals surface area contributed by atoms with E-state index < -0.39 is 0 Å². The van der Waals surface area contributed by atoms with E-state index in [4.69, 9.17) is 9.47 Å². The van der Waals surface area contributed by atoms with Gasteiger partial charge in [0.05, 0.1) is 18.9 Å². The van der Waals surface area contributed by atoms with Crippen LogP contribution in [0, 0.1) is 0 Å². The molecule has 3 heterocycles. The Bertz CT molecular complexity index is 1190. The molecular formula is C26H31N5O3S.